The number of allylic oxidation sites excluding steroid dienone is 1. The zero-order valence-electron chi connectivity index (χ0n) is 22.8. The Labute approximate surface area is 250 Å². The van der Waals surface area contributed by atoms with E-state index in [9.17, 15) is 0 Å². The molecule has 3 nitrogen and oxygen atoms in total. The smallest absolute Gasteiger partial charge is 0.155 e. The second kappa shape index (κ2) is 9.29. The lowest BCUT2D eigenvalue weighted by Gasteiger charge is -2.23. The SMILES string of the molecule is [B]c1c([B])c([B])c(-n2c3ccccc3c3c4ccc5c(c6c(n5Oc5ccccc5)CCC=C6)c4ccc32)c([B])c1[B]. The number of rotatable bonds is 3. The molecule has 0 aliphatic heterocycles. The van der Waals surface area contributed by atoms with Crippen LogP contribution in [0.3, 0.4) is 0 Å². The van der Waals surface area contributed by atoms with Crippen molar-refractivity contribution in [3.05, 3.63) is 96.2 Å². The molecule has 0 amide bonds. The van der Waals surface area contributed by atoms with Gasteiger partial charge in [-0.1, -0.05) is 71.6 Å². The molecule has 0 N–H and O–H groups in total. The van der Waals surface area contributed by atoms with E-state index in [0.29, 0.717) is 16.6 Å². The van der Waals surface area contributed by atoms with E-state index in [1.54, 1.807) is 0 Å². The fourth-order valence-corrected chi connectivity index (χ4v) is 6.56. The third kappa shape index (κ3) is 3.41. The number of hydrogen-bond acceptors (Lipinski definition) is 1. The zero-order chi connectivity index (χ0) is 28.7. The van der Waals surface area contributed by atoms with Gasteiger partial charge in [-0.05, 0) is 53.9 Å². The third-order valence-electron chi connectivity index (χ3n) is 8.52. The van der Waals surface area contributed by atoms with Gasteiger partial charge in [0.2, 0.25) is 0 Å². The van der Waals surface area contributed by atoms with Gasteiger partial charge in [-0.25, -0.2) is 0 Å². The molecule has 0 saturated carbocycles. The van der Waals surface area contributed by atoms with Crippen LogP contribution in [0, 0.1) is 0 Å². The van der Waals surface area contributed by atoms with Crippen LogP contribution < -0.4 is 32.2 Å². The molecule has 2 aromatic heterocycles. The molecule has 7 aromatic rings. The monoisotopic (exact) mass is 526 g/mol. The van der Waals surface area contributed by atoms with Gasteiger partial charge < -0.3 is 9.40 Å². The second-order valence-electron chi connectivity index (χ2n) is 10.8. The number of aromatic nitrogens is 2. The number of para-hydroxylation sites is 2. The number of hydrogen-bond donors (Lipinski definition) is 0. The summed E-state index contributed by atoms with van der Waals surface area (Å²) in [5.74, 6) is 0.794. The summed E-state index contributed by atoms with van der Waals surface area (Å²) < 4.78 is 4.04. The van der Waals surface area contributed by atoms with Gasteiger partial charge in [0.05, 0.1) is 22.2 Å². The average molecular weight is 526 g/mol. The van der Waals surface area contributed by atoms with Crippen LogP contribution in [0.5, 0.6) is 5.75 Å². The fraction of sp³-hybridized carbons (Fsp3) is 0.0588. The van der Waals surface area contributed by atoms with Crippen LogP contribution >= 0.6 is 0 Å². The largest absolute Gasteiger partial charge is 0.375 e. The first-order chi connectivity index (χ1) is 20.5. The van der Waals surface area contributed by atoms with E-state index in [1.807, 2.05) is 51.8 Å². The van der Waals surface area contributed by atoms with E-state index in [4.69, 9.17) is 44.1 Å². The fourth-order valence-electron chi connectivity index (χ4n) is 6.56. The highest BCUT2D eigenvalue weighted by Gasteiger charge is 2.24. The van der Waals surface area contributed by atoms with Crippen molar-refractivity contribution in [3.8, 4) is 11.4 Å². The standard InChI is InChI=1S/C34H19B5N2O/c35-29-30(36)32(38)34(33(39)31(29)37)40-23-12-6-4-10-21(23)27-19-15-17-26-28(20(19)14-16-25(27)40)22-11-5-7-13-24(22)41(26)42-18-8-2-1-3-9-18/h1-6,8-12,14-17H,7,13H2. The van der Waals surface area contributed by atoms with Crippen molar-refractivity contribution < 1.29 is 4.84 Å². The maximum absolute atomic E-state index is 6.57. The molecular formula is C34H19B5N2O. The van der Waals surface area contributed by atoms with Crippen molar-refractivity contribution in [2.75, 3.05) is 0 Å². The van der Waals surface area contributed by atoms with Crippen molar-refractivity contribution in [2.24, 2.45) is 0 Å². The Morgan fingerprint density at radius 2 is 1.21 bits per heavy atom. The molecular weight excluding hydrogens is 506 g/mol. The Bertz CT molecular complexity index is 2250. The summed E-state index contributed by atoms with van der Waals surface area (Å²) >= 11 is 0. The Morgan fingerprint density at radius 3 is 1.98 bits per heavy atom. The van der Waals surface area contributed by atoms with Gasteiger partial charge in [0.25, 0.3) is 0 Å². The highest BCUT2D eigenvalue weighted by atomic mass is 16.7. The summed E-state index contributed by atoms with van der Waals surface area (Å²) in [7, 11) is 31.9. The van der Waals surface area contributed by atoms with E-state index in [2.05, 4.69) is 48.6 Å². The number of nitrogens with zero attached hydrogens (tertiary/aromatic N) is 2. The van der Waals surface area contributed by atoms with Gasteiger partial charge in [0.1, 0.15) is 39.2 Å². The van der Waals surface area contributed by atoms with Crippen molar-refractivity contribution >= 4 is 116 Å². The maximum atomic E-state index is 6.57. The molecule has 0 saturated heterocycles. The van der Waals surface area contributed by atoms with Gasteiger partial charge >= 0.3 is 0 Å². The van der Waals surface area contributed by atoms with Gasteiger partial charge in [-0.3, -0.25) is 0 Å². The van der Waals surface area contributed by atoms with Crippen LogP contribution in [-0.4, -0.2) is 48.5 Å². The molecule has 8 rings (SSSR count). The predicted molar refractivity (Wildman–Crippen MR) is 181 cm³/mol. The van der Waals surface area contributed by atoms with E-state index >= 15 is 0 Å². The van der Waals surface area contributed by atoms with Gasteiger partial charge in [-0.15, -0.1) is 16.4 Å². The van der Waals surface area contributed by atoms with Crippen LogP contribution in [0.1, 0.15) is 17.7 Å². The quantitative estimate of drug-likeness (QED) is 0.325. The number of benzene rings is 5. The predicted octanol–water partition coefficient (Wildman–Crippen LogP) is 2.66. The molecule has 0 bridgehead atoms. The highest BCUT2D eigenvalue weighted by Crippen LogP contribution is 2.42. The Morgan fingerprint density at radius 1 is 0.571 bits per heavy atom. The lowest BCUT2D eigenvalue weighted by atomic mass is 9.61. The van der Waals surface area contributed by atoms with Crippen LogP contribution in [0.4, 0.5) is 0 Å². The normalized spacial score (nSPS) is 13.0. The molecule has 0 unspecified atom stereocenters. The van der Waals surface area contributed by atoms with E-state index in [1.165, 1.54) is 11.3 Å². The molecule has 0 atom stereocenters. The van der Waals surface area contributed by atoms with E-state index in [-0.39, 0.29) is 16.4 Å². The van der Waals surface area contributed by atoms with E-state index < -0.39 is 0 Å². The molecule has 186 valence electrons. The van der Waals surface area contributed by atoms with Crippen LogP contribution in [0.25, 0.3) is 55.2 Å². The first kappa shape index (κ1) is 25.3. The van der Waals surface area contributed by atoms with Crippen molar-refractivity contribution in [2.45, 2.75) is 12.8 Å². The van der Waals surface area contributed by atoms with Gasteiger partial charge in [0.15, 0.2) is 5.75 Å². The third-order valence-corrected chi connectivity index (χ3v) is 8.52. The maximum Gasteiger partial charge on any atom is 0.155 e. The summed E-state index contributed by atoms with van der Waals surface area (Å²) in [5.41, 5.74) is 7.04. The molecule has 0 spiro atoms. The highest BCUT2D eigenvalue weighted by molar-refractivity contribution is 6.68. The molecule has 10 radical (unpaired) electrons. The Balaban J connectivity index is 1.49. The molecule has 8 heteroatoms. The zero-order valence-corrected chi connectivity index (χ0v) is 22.8. The van der Waals surface area contributed by atoms with Gasteiger partial charge in [-0.2, -0.15) is 4.73 Å². The average Bonchev–Trinajstić information content (AvgIpc) is 3.53. The molecule has 1 aliphatic carbocycles. The van der Waals surface area contributed by atoms with Crippen LogP contribution in [-0.2, 0) is 6.42 Å². The van der Waals surface area contributed by atoms with Crippen LogP contribution in [0.15, 0.2) is 84.9 Å². The lowest BCUT2D eigenvalue weighted by Crippen LogP contribution is -2.56. The summed E-state index contributed by atoms with van der Waals surface area (Å²) in [5, 5.41) is 5.56. The number of fused-ring (bicyclic) bond motifs is 9. The van der Waals surface area contributed by atoms with E-state index in [0.717, 1.165) is 62.1 Å². The summed E-state index contributed by atoms with van der Waals surface area (Å²) in [6, 6.07) is 26.7. The van der Waals surface area contributed by atoms with Crippen molar-refractivity contribution in [1.29, 1.82) is 0 Å². The second-order valence-corrected chi connectivity index (χ2v) is 10.8. The molecule has 2 heterocycles. The molecule has 5 aromatic carbocycles. The minimum atomic E-state index is 0.197. The summed E-state index contributed by atoms with van der Waals surface area (Å²) in [6.07, 6.45) is 6.32. The first-order valence-electron chi connectivity index (χ1n) is 13.9. The Hall–Kier alpha value is -4.44. The molecule has 42 heavy (non-hydrogen) atoms. The summed E-state index contributed by atoms with van der Waals surface area (Å²) in [6.45, 7) is 0. The lowest BCUT2D eigenvalue weighted by molar-refractivity contribution is 0.219. The van der Waals surface area contributed by atoms with Crippen molar-refractivity contribution in [3.63, 3.8) is 0 Å². The minimum absolute atomic E-state index is 0.197. The van der Waals surface area contributed by atoms with Gasteiger partial charge in [0, 0.05) is 27.4 Å². The molecule has 0 fully saturated rings. The molecule has 1 aliphatic rings. The van der Waals surface area contributed by atoms with Crippen molar-refractivity contribution in [1.82, 2.24) is 9.30 Å². The Kier molecular flexibility index (Phi) is 5.59. The summed E-state index contributed by atoms with van der Waals surface area (Å²) in [4.78, 5) is 6.47. The minimum Gasteiger partial charge on any atom is -0.375 e. The topological polar surface area (TPSA) is 19.1 Å². The first-order valence-corrected chi connectivity index (χ1v) is 13.9. The van der Waals surface area contributed by atoms with Crippen LogP contribution in [0.2, 0.25) is 0 Å².